The zero-order chi connectivity index (χ0) is 51.2. The molecule has 0 amide bonds. The van der Waals surface area contributed by atoms with Crippen LogP contribution in [0.5, 0.6) is 5.75 Å². The van der Waals surface area contributed by atoms with Crippen LogP contribution in [-0.2, 0) is 37.3 Å². The number of benzene rings is 6. The summed E-state index contributed by atoms with van der Waals surface area (Å²) in [5, 5.41) is 12.5. The second-order valence-electron chi connectivity index (χ2n) is 19.6. The van der Waals surface area contributed by atoms with E-state index in [0.717, 1.165) is 55.7 Å². The molecule has 0 fully saturated rings. The van der Waals surface area contributed by atoms with Gasteiger partial charge in [0.05, 0.1) is 22.1 Å². The van der Waals surface area contributed by atoms with Crippen LogP contribution >= 0.6 is 0 Å². The molecular weight excluding hydrogens is 950 g/mol. The van der Waals surface area contributed by atoms with Crippen molar-refractivity contribution in [2.75, 3.05) is 0 Å². The van der Waals surface area contributed by atoms with E-state index in [4.69, 9.17) is 19.6 Å². The van der Waals surface area contributed by atoms with Crippen LogP contribution in [0.4, 0.5) is 0 Å². The van der Waals surface area contributed by atoms with Gasteiger partial charge in [-0.25, -0.2) is 4.98 Å². The maximum atomic E-state index is 12.5. The van der Waals surface area contributed by atoms with Crippen LogP contribution < -0.4 is 0 Å². The van der Waals surface area contributed by atoms with Gasteiger partial charge in [-0.05, 0) is 92.7 Å². The van der Waals surface area contributed by atoms with Crippen LogP contribution in [0.15, 0.2) is 133 Å². The van der Waals surface area contributed by atoms with Gasteiger partial charge in [0.25, 0.3) is 0 Å². The van der Waals surface area contributed by atoms with Crippen LogP contribution in [0, 0.1) is 12.9 Å². The molecule has 0 aliphatic carbocycles. The summed E-state index contributed by atoms with van der Waals surface area (Å²) in [6.07, 6.45) is 1.54. The van der Waals surface area contributed by atoms with Crippen molar-refractivity contribution in [2.24, 2.45) is 0 Å². The Kier molecular flexibility index (Phi) is 9.78. The van der Waals surface area contributed by atoms with Crippen LogP contribution in [0.2, 0.25) is 0 Å². The first kappa shape index (κ1) is 35.8. The molecule has 0 saturated heterocycles. The number of imidazole rings is 1. The van der Waals surface area contributed by atoms with E-state index in [0.29, 0.717) is 33.7 Å². The first-order valence-electron chi connectivity index (χ1n) is 25.2. The number of aromatic hydroxyl groups is 1. The minimum Gasteiger partial charge on any atom is -0.507 e. The molecule has 2 aromatic heterocycles. The van der Waals surface area contributed by atoms with E-state index >= 15 is 0 Å². The van der Waals surface area contributed by atoms with E-state index in [2.05, 4.69) is 115 Å². The molecule has 6 aromatic carbocycles. The Morgan fingerprint density at radius 2 is 1.35 bits per heavy atom. The van der Waals surface area contributed by atoms with Crippen molar-refractivity contribution in [1.82, 2.24) is 14.5 Å². The normalized spacial score (nSPS) is 14.4. The molecule has 8 aromatic rings. The van der Waals surface area contributed by atoms with E-state index in [1.165, 1.54) is 0 Å². The molecule has 1 N–H and O–H groups in total. The molecule has 0 unspecified atom stereocenters. The van der Waals surface area contributed by atoms with Crippen molar-refractivity contribution in [1.29, 1.82) is 0 Å². The van der Waals surface area contributed by atoms with E-state index < -0.39 is 47.9 Å². The summed E-state index contributed by atoms with van der Waals surface area (Å²) >= 11 is 0. The first-order chi connectivity index (χ1) is 32.4. The standard InChI is InChI=1S/C58H60N3O.Pt/c1-36(2)41-27-42(38-17-14-13-15-18-38)32-47(31-41)61-52-20-16-19-48(53(52)60-55(61)49-34-46(57(7,8)9)35-50(54(49)62)58(10,11)12)43-28-44(30-45(29-43)56(4,5)6)51-33-40(25-26-59-51)39-23-21-37(3)22-24-39;/h13-27,29-36,62H,1-12H3;/q-1;/i3D3,21D,22D,23D,24D,36D;. The van der Waals surface area contributed by atoms with Crippen molar-refractivity contribution >= 4 is 11.0 Å². The molecule has 0 aliphatic heterocycles. The molecule has 4 nitrogen and oxygen atoms in total. The van der Waals surface area contributed by atoms with Gasteiger partial charge in [0.15, 0.2) is 0 Å². The van der Waals surface area contributed by atoms with Gasteiger partial charge in [-0.2, -0.15) is 0 Å². The van der Waals surface area contributed by atoms with Gasteiger partial charge < -0.3 is 5.11 Å². The summed E-state index contributed by atoms with van der Waals surface area (Å²) in [6, 6.07) is 35.5. The number of phenols is 1. The smallest absolute Gasteiger partial charge is 0.148 e. The molecule has 0 bridgehead atoms. The Balaban J connectivity index is 0.00000741. The number of hydrogen-bond acceptors (Lipinski definition) is 3. The fourth-order valence-corrected chi connectivity index (χ4v) is 7.87. The van der Waals surface area contributed by atoms with E-state index in [1.54, 1.807) is 18.3 Å². The summed E-state index contributed by atoms with van der Waals surface area (Å²) in [7, 11) is 0. The van der Waals surface area contributed by atoms with Gasteiger partial charge in [0, 0.05) is 49.7 Å². The molecule has 0 spiro atoms. The predicted molar refractivity (Wildman–Crippen MR) is 261 cm³/mol. The Bertz CT molecular complexity index is 3320. The van der Waals surface area contributed by atoms with Crippen molar-refractivity contribution < 1.29 is 37.1 Å². The van der Waals surface area contributed by atoms with E-state index in [1.807, 2.05) is 62.4 Å². The second-order valence-corrected chi connectivity index (χ2v) is 19.6. The average Bonchev–Trinajstić information content (AvgIpc) is 3.66. The third kappa shape index (κ3) is 9.25. The molecule has 5 heteroatoms. The van der Waals surface area contributed by atoms with Crippen LogP contribution in [0.3, 0.4) is 0 Å². The molecule has 324 valence electrons. The van der Waals surface area contributed by atoms with Crippen LogP contribution in [0.25, 0.3) is 72.7 Å². The number of pyridine rings is 1. The Labute approximate surface area is 401 Å². The van der Waals surface area contributed by atoms with Gasteiger partial charge in [0.2, 0.25) is 0 Å². The molecule has 2 heterocycles. The van der Waals surface area contributed by atoms with E-state index in [9.17, 15) is 6.48 Å². The molecule has 8 rings (SSSR count). The summed E-state index contributed by atoms with van der Waals surface area (Å²) < 4.78 is 70.0. The summed E-state index contributed by atoms with van der Waals surface area (Å²) in [6.45, 7) is 20.1. The monoisotopic (exact) mass is 1020 g/mol. The molecule has 63 heavy (non-hydrogen) atoms. The summed E-state index contributed by atoms with van der Waals surface area (Å²) in [5.41, 5.74) is 9.54. The minimum atomic E-state index is -2.83. The SMILES string of the molecule is [2H]c1c([2H])c(C([2H])([2H])[2H])c([2H])c([2H])c1-c1ccnc(-c2[c-]c(-c3cccc4c3nc(-c3cc(C(C)(C)C)cc(C(C)(C)C)c3O)n4-c3cc(-c4ccccc4)cc(C([2H])(C)C)c3)cc(C(C)(C)C)c2)c1.[Pt]. The molecule has 0 aliphatic rings. The number of fused-ring (bicyclic) bond motifs is 1. The third-order valence-corrected chi connectivity index (χ3v) is 11.5. The Morgan fingerprint density at radius 1 is 0.667 bits per heavy atom. The third-order valence-electron chi connectivity index (χ3n) is 11.5. The molecular formula is C58H60N3OPt-. The van der Waals surface area contributed by atoms with Crippen molar-refractivity contribution in [2.45, 2.75) is 105 Å². The zero-order valence-electron chi connectivity index (χ0n) is 46.0. The Morgan fingerprint density at radius 3 is 2.00 bits per heavy atom. The summed E-state index contributed by atoms with van der Waals surface area (Å²) in [4.78, 5) is 10.3. The number of phenolic OH excluding ortho intramolecular Hbond substituents is 1. The fraction of sp³-hybridized carbons (Fsp3) is 0.276. The minimum absolute atomic E-state index is 0. The molecule has 0 atom stereocenters. The van der Waals surface area contributed by atoms with Gasteiger partial charge in [-0.3, -0.25) is 9.55 Å². The van der Waals surface area contributed by atoms with Gasteiger partial charge >= 0.3 is 0 Å². The second kappa shape index (κ2) is 17.2. The van der Waals surface area contributed by atoms with Gasteiger partial charge in [-0.15, -0.1) is 29.3 Å². The Hall–Kier alpha value is -5.57. The average molecular weight is 1020 g/mol. The number of rotatable bonds is 7. The van der Waals surface area contributed by atoms with Crippen LogP contribution in [0.1, 0.15) is 121 Å². The van der Waals surface area contributed by atoms with Crippen molar-refractivity contribution in [3.05, 3.63) is 167 Å². The van der Waals surface area contributed by atoms with Gasteiger partial charge in [0.1, 0.15) is 11.6 Å². The molecule has 0 radical (unpaired) electrons. The fourth-order valence-electron chi connectivity index (χ4n) is 7.87. The van der Waals surface area contributed by atoms with Crippen molar-refractivity contribution in [3.8, 4) is 67.5 Å². The van der Waals surface area contributed by atoms with Crippen molar-refractivity contribution in [3.63, 3.8) is 0 Å². The number of aromatic nitrogens is 3. The number of para-hydroxylation sites is 1. The van der Waals surface area contributed by atoms with Gasteiger partial charge in [-0.1, -0.05) is 178 Å². The topological polar surface area (TPSA) is 50.9 Å². The maximum absolute atomic E-state index is 12.5. The zero-order valence-corrected chi connectivity index (χ0v) is 40.3. The number of hydrogen-bond donors (Lipinski definition) is 1. The summed E-state index contributed by atoms with van der Waals surface area (Å²) in [5.74, 6) is -0.290. The first-order valence-corrected chi connectivity index (χ1v) is 21.2. The maximum Gasteiger partial charge on any atom is 0.148 e. The van der Waals surface area contributed by atoms with E-state index in [-0.39, 0.29) is 43.2 Å². The largest absolute Gasteiger partial charge is 0.507 e. The quantitative estimate of drug-likeness (QED) is 0.162. The number of nitrogens with zero attached hydrogens (tertiary/aromatic N) is 3. The molecule has 0 saturated carbocycles. The predicted octanol–water partition coefficient (Wildman–Crippen LogP) is 15.6. The van der Waals surface area contributed by atoms with Crippen LogP contribution in [-0.4, -0.2) is 19.6 Å².